The van der Waals surface area contributed by atoms with E-state index in [0.29, 0.717) is 16.1 Å². The smallest absolute Gasteiger partial charge is 0.133 e. The molecule has 1 heterocycles. The predicted octanol–water partition coefficient (Wildman–Crippen LogP) is 4.33. The maximum absolute atomic E-state index is 13.4. The molecule has 0 fully saturated rings. The number of alkyl halides is 1. The van der Waals surface area contributed by atoms with Crippen LogP contribution in [0.5, 0.6) is 5.75 Å². The van der Waals surface area contributed by atoms with Gasteiger partial charge >= 0.3 is 0 Å². The summed E-state index contributed by atoms with van der Waals surface area (Å²) in [5, 5.41) is 9.66. The third-order valence-corrected chi connectivity index (χ3v) is 3.53. The first kappa shape index (κ1) is 13.2. The molecule has 0 bridgehead atoms. The highest BCUT2D eigenvalue weighted by molar-refractivity contribution is 6.32. The fraction of sp³-hybridized carbons (Fsp3) is 0.231. The molecule has 1 aromatic carbocycles. The zero-order valence-corrected chi connectivity index (χ0v) is 11.2. The minimum atomic E-state index is -0.396. The largest absolute Gasteiger partial charge is 0.506 e. The zero-order valence-electron chi connectivity index (χ0n) is 9.70. The van der Waals surface area contributed by atoms with Crippen molar-refractivity contribution in [2.45, 2.75) is 18.8 Å². The number of hydrogen-bond acceptors (Lipinski definition) is 1. The number of benzene rings is 1. The van der Waals surface area contributed by atoms with Crippen molar-refractivity contribution in [1.29, 1.82) is 0 Å². The van der Waals surface area contributed by atoms with Crippen LogP contribution in [0.25, 0.3) is 0 Å². The summed E-state index contributed by atoms with van der Waals surface area (Å²) in [5.41, 5.74) is 1.42. The van der Waals surface area contributed by atoms with Crippen molar-refractivity contribution in [3.05, 3.63) is 52.6 Å². The first-order valence-electron chi connectivity index (χ1n) is 5.43. The van der Waals surface area contributed by atoms with Crippen LogP contribution in [0.1, 0.15) is 24.1 Å². The van der Waals surface area contributed by atoms with Crippen molar-refractivity contribution in [2.75, 3.05) is 0 Å². The van der Waals surface area contributed by atoms with Gasteiger partial charge in [0.05, 0.1) is 6.04 Å². The van der Waals surface area contributed by atoms with Crippen LogP contribution in [-0.4, -0.2) is 9.67 Å². The normalized spacial score (nSPS) is 12.7. The first-order chi connectivity index (χ1) is 8.52. The number of hydrogen-bond donors (Lipinski definition) is 1. The van der Waals surface area contributed by atoms with Gasteiger partial charge in [0.1, 0.15) is 11.6 Å². The van der Waals surface area contributed by atoms with Gasteiger partial charge in [-0.1, -0.05) is 11.6 Å². The van der Waals surface area contributed by atoms with Gasteiger partial charge in [-0.2, -0.15) is 0 Å². The van der Waals surface area contributed by atoms with E-state index in [1.807, 2.05) is 6.92 Å². The second-order valence-electron chi connectivity index (χ2n) is 4.08. The number of aromatic hydroxyl groups is 1. The van der Waals surface area contributed by atoms with Crippen LogP contribution in [-0.2, 0) is 5.88 Å². The minimum absolute atomic E-state index is 0.159. The molecule has 0 saturated carbocycles. The quantitative estimate of drug-likeness (QED) is 0.835. The lowest BCUT2D eigenvalue weighted by Gasteiger charge is -2.18. The molecule has 0 saturated heterocycles. The molecule has 0 radical (unpaired) electrons. The number of halogens is 3. The third-order valence-electron chi connectivity index (χ3n) is 2.92. The number of aromatic nitrogens is 1. The second kappa shape index (κ2) is 5.21. The van der Waals surface area contributed by atoms with Crippen molar-refractivity contribution < 1.29 is 9.50 Å². The fourth-order valence-electron chi connectivity index (χ4n) is 1.94. The van der Waals surface area contributed by atoms with Crippen LogP contribution in [0.2, 0.25) is 5.02 Å². The van der Waals surface area contributed by atoms with Crippen molar-refractivity contribution in [3.63, 3.8) is 0 Å². The molecule has 2 rings (SSSR count). The Kier molecular flexibility index (Phi) is 3.83. The highest BCUT2D eigenvalue weighted by Crippen LogP contribution is 2.31. The van der Waals surface area contributed by atoms with Gasteiger partial charge in [0, 0.05) is 23.3 Å². The van der Waals surface area contributed by atoms with Crippen molar-refractivity contribution >= 4 is 23.2 Å². The standard InChI is InChI=1S/C13H12Cl2FNO/c1-8(17-3-2-10(18)7-17)11-4-9(16)5-13(15)12(11)6-14/h2-5,7-8,18H,6H2,1H3/t8-/m0/s1. The molecule has 0 spiro atoms. The van der Waals surface area contributed by atoms with Gasteiger partial charge in [-0.15, -0.1) is 11.6 Å². The maximum Gasteiger partial charge on any atom is 0.133 e. The Balaban J connectivity index is 2.49. The van der Waals surface area contributed by atoms with Gasteiger partial charge in [-0.25, -0.2) is 4.39 Å². The lowest BCUT2D eigenvalue weighted by Crippen LogP contribution is -2.08. The molecule has 2 aromatic rings. The summed E-state index contributed by atoms with van der Waals surface area (Å²) < 4.78 is 15.2. The van der Waals surface area contributed by atoms with E-state index in [4.69, 9.17) is 23.2 Å². The summed E-state index contributed by atoms with van der Waals surface area (Å²) in [4.78, 5) is 0. The van der Waals surface area contributed by atoms with Crippen molar-refractivity contribution in [2.24, 2.45) is 0 Å². The molecule has 0 aliphatic heterocycles. The molecule has 0 aliphatic rings. The molecule has 1 N–H and O–H groups in total. The van der Waals surface area contributed by atoms with Crippen LogP contribution < -0.4 is 0 Å². The van der Waals surface area contributed by atoms with Gasteiger partial charge in [-0.05, 0) is 36.2 Å². The van der Waals surface area contributed by atoms with Gasteiger partial charge in [0.25, 0.3) is 0 Å². The Morgan fingerprint density at radius 2 is 2.17 bits per heavy atom. The molecule has 18 heavy (non-hydrogen) atoms. The van der Waals surface area contributed by atoms with Crippen LogP contribution in [0.3, 0.4) is 0 Å². The van der Waals surface area contributed by atoms with Crippen LogP contribution in [0.15, 0.2) is 30.6 Å². The third kappa shape index (κ3) is 2.47. The number of rotatable bonds is 3. The Hall–Kier alpha value is -1.19. The van der Waals surface area contributed by atoms with Gasteiger partial charge in [-0.3, -0.25) is 0 Å². The molecule has 2 nitrogen and oxygen atoms in total. The Labute approximate surface area is 115 Å². The molecule has 0 aliphatic carbocycles. The van der Waals surface area contributed by atoms with Crippen molar-refractivity contribution in [1.82, 2.24) is 4.57 Å². The zero-order chi connectivity index (χ0) is 13.3. The van der Waals surface area contributed by atoms with E-state index in [-0.39, 0.29) is 17.7 Å². The summed E-state index contributed by atoms with van der Waals surface area (Å²) in [6, 6.07) is 4.08. The van der Waals surface area contributed by atoms with E-state index < -0.39 is 5.82 Å². The van der Waals surface area contributed by atoms with E-state index in [9.17, 15) is 9.50 Å². The van der Waals surface area contributed by atoms with Crippen LogP contribution in [0.4, 0.5) is 4.39 Å². The maximum atomic E-state index is 13.4. The Morgan fingerprint density at radius 3 is 2.72 bits per heavy atom. The summed E-state index contributed by atoms with van der Waals surface area (Å²) in [6.45, 7) is 1.89. The molecule has 96 valence electrons. The average Bonchev–Trinajstić information content (AvgIpc) is 2.74. The average molecular weight is 288 g/mol. The second-order valence-corrected chi connectivity index (χ2v) is 4.76. The van der Waals surface area contributed by atoms with Crippen LogP contribution >= 0.6 is 23.2 Å². The highest BCUT2D eigenvalue weighted by Gasteiger charge is 2.16. The first-order valence-corrected chi connectivity index (χ1v) is 6.34. The van der Waals surface area contributed by atoms with Crippen LogP contribution in [0, 0.1) is 5.82 Å². The summed E-state index contributed by atoms with van der Waals surface area (Å²) in [5.74, 6) is -0.0182. The molecular formula is C13H12Cl2FNO. The molecule has 5 heteroatoms. The Bertz CT molecular complexity index is 568. The lowest BCUT2D eigenvalue weighted by molar-refractivity contribution is 0.472. The molecule has 1 aromatic heterocycles. The van der Waals surface area contributed by atoms with E-state index >= 15 is 0 Å². The monoisotopic (exact) mass is 287 g/mol. The van der Waals surface area contributed by atoms with Crippen molar-refractivity contribution in [3.8, 4) is 5.75 Å². The van der Waals surface area contributed by atoms with Gasteiger partial charge < -0.3 is 9.67 Å². The van der Waals surface area contributed by atoms with E-state index in [1.54, 1.807) is 23.0 Å². The van der Waals surface area contributed by atoms with Gasteiger partial charge in [0.2, 0.25) is 0 Å². The number of nitrogens with zero attached hydrogens (tertiary/aromatic N) is 1. The van der Waals surface area contributed by atoms with E-state index in [2.05, 4.69) is 0 Å². The predicted molar refractivity (Wildman–Crippen MR) is 70.9 cm³/mol. The highest BCUT2D eigenvalue weighted by atomic mass is 35.5. The van der Waals surface area contributed by atoms with Gasteiger partial charge in [0.15, 0.2) is 0 Å². The molecule has 0 amide bonds. The molecular weight excluding hydrogens is 276 g/mol. The summed E-state index contributed by atoms with van der Waals surface area (Å²) in [6.07, 6.45) is 3.29. The SMILES string of the molecule is C[C@@H](c1cc(F)cc(Cl)c1CCl)n1ccc(O)c1. The lowest BCUT2D eigenvalue weighted by atomic mass is 10.0. The summed E-state index contributed by atoms with van der Waals surface area (Å²) >= 11 is 11.8. The van der Waals surface area contributed by atoms with E-state index in [1.165, 1.54) is 12.1 Å². The Morgan fingerprint density at radius 1 is 1.44 bits per heavy atom. The van der Waals surface area contributed by atoms with E-state index in [0.717, 1.165) is 0 Å². The summed E-state index contributed by atoms with van der Waals surface area (Å²) in [7, 11) is 0. The molecule has 1 atom stereocenters. The molecule has 0 unspecified atom stereocenters. The topological polar surface area (TPSA) is 25.2 Å². The minimum Gasteiger partial charge on any atom is -0.506 e. The fourth-order valence-corrected chi connectivity index (χ4v) is 2.59.